The molecule has 0 saturated carbocycles. The van der Waals surface area contributed by atoms with Crippen LogP contribution in [0.1, 0.15) is 40.6 Å². The van der Waals surface area contributed by atoms with Gasteiger partial charge in [-0.05, 0) is 55.0 Å². The molecule has 1 N–H and O–H groups in total. The SMILES string of the molecule is Cc1ccc([C@@H]2Nc3c(C)cc(Cl)cc3[C@@H]3C=CC[C@H]32)cc1. The molecule has 112 valence electrons. The maximum atomic E-state index is 6.29. The molecule has 0 bridgehead atoms. The molecule has 2 aromatic carbocycles. The fourth-order valence-corrected chi connectivity index (χ4v) is 4.23. The Morgan fingerprint density at radius 2 is 1.86 bits per heavy atom. The van der Waals surface area contributed by atoms with Gasteiger partial charge in [0.05, 0.1) is 6.04 Å². The summed E-state index contributed by atoms with van der Waals surface area (Å²) in [6.45, 7) is 4.28. The van der Waals surface area contributed by atoms with Gasteiger partial charge < -0.3 is 5.32 Å². The van der Waals surface area contributed by atoms with Gasteiger partial charge >= 0.3 is 0 Å². The summed E-state index contributed by atoms with van der Waals surface area (Å²) in [5.74, 6) is 1.05. The lowest BCUT2D eigenvalue weighted by Crippen LogP contribution is -2.29. The zero-order chi connectivity index (χ0) is 15.3. The molecule has 2 heteroatoms. The molecule has 22 heavy (non-hydrogen) atoms. The standard InChI is InChI=1S/C20H20ClN/c1-12-6-8-14(9-7-12)20-17-5-3-4-16(17)18-11-15(21)10-13(2)19(18)22-20/h3-4,6-11,16-17,20,22H,5H2,1-2H3/t16-,17-,20+/m1/s1. The minimum Gasteiger partial charge on any atom is -0.377 e. The van der Waals surface area contributed by atoms with Crippen LogP contribution in [0.3, 0.4) is 0 Å². The van der Waals surface area contributed by atoms with Crippen LogP contribution in [0.15, 0.2) is 48.6 Å². The van der Waals surface area contributed by atoms with E-state index in [2.05, 4.69) is 67.7 Å². The second-order valence-corrected chi connectivity index (χ2v) is 7.01. The van der Waals surface area contributed by atoms with Gasteiger partial charge in [-0.3, -0.25) is 0 Å². The summed E-state index contributed by atoms with van der Waals surface area (Å²) >= 11 is 6.29. The molecule has 1 nitrogen and oxygen atoms in total. The number of fused-ring (bicyclic) bond motifs is 3. The molecule has 1 aliphatic heterocycles. The number of rotatable bonds is 1. The van der Waals surface area contributed by atoms with Gasteiger partial charge in [-0.25, -0.2) is 0 Å². The molecule has 3 atom stereocenters. The highest BCUT2D eigenvalue weighted by Gasteiger charge is 2.38. The molecule has 0 saturated heterocycles. The number of aryl methyl sites for hydroxylation is 2. The topological polar surface area (TPSA) is 12.0 Å². The van der Waals surface area contributed by atoms with Crippen molar-refractivity contribution in [3.8, 4) is 0 Å². The van der Waals surface area contributed by atoms with Crippen LogP contribution >= 0.6 is 11.6 Å². The van der Waals surface area contributed by atoms with E-state index in [9.17, 15) is 0 Å². The zero-order valence-corrected chi connectivity index (χ0v) is 13.7. The Kier molecular flexibility index (Phi) is 3.27. The molecule has 0 fully saturated rings. The van der Waals surface area contributed by atoms with Gasteiger partial charge in [0.1, 0.15) is 0 Å². The average Bonchev–Trinajstić information content (AvgIpc) is 2.97. The predicted octanol–water partition coefficient (Wildman–Crippen LogP) is 5.78. The summed E-state index contributed by atoms with van der Waals surface area (Å²) in [7, 11) is 0. The molecule has 0 radical (unpaired) electrons. The molecular weight excluding hydrogens is 290 g/mol. The first-order valence-corrected chi connectivity index (χ1v) is 8.31. The van der Waals surface area contributed by atoms with Crippen LogP contribution in [-0.4, -0.2) is 0 Å². The quantitative estimate of drug-likeness (QED) is 0.658. The van der Waals surface area contributed by atoms with Crippen LogP contribution in [0.5, 0.6) is 0 Å². The fourth-order valence-electron chi connectivity index (χ4n) is 3.95. The van der Waals surface area contributed by atoms with Crippen molar-refractivity contribution >= 4 is 17.3 Å². The third kappa shape index (κ3) is 2.16. The van der Waals surface area contributed by atoms with E-state index >= 15 is 0 Å². The number of hydrogen-bond donors (Lipinski definition) is 1. The van der Waals surface area contributed by atoms with E-state index < -0.39 is 0 Å². The number of benzene rings is 2. The number of anilines is 1. The molecule has 0 aromatic heterocycles. The summed E-state index contributed by atoms with van der Waals surface area (Å²) in [6.07, 6.45) is 5.81. The van der Waals surface area contributed by atoms with Crippen molar-refractivity contribution in [3.05, 3.63) is 75.8 Å². The van der Waals surface area contributed by atoms with Gasteiger partial charge in [0.25, 0.3) is 0 Å². The second-order valence-electron chi connectivity index (χ2n) is 6.57. The van der Waals surface area contributed by atoms with E-state index in [1.807, 2.05) is 0 Å². The van der Waals surface area contributed by atoms with Gasteiger partial charge in [-0.1, -0.05) is 53.6 Å². The number of hydrogen-bond acceptors (Lipinski definition) is 1. The Bertz CT molecular complexity index is 745. The predicted molar refractivity (Wildman–Crippen MR) is 93.7 cm³/mol. The molecular formula is C20H20ClN. The van der Waals surface area contributed by atoms with Gasteiger partial charge in [-0.15, -0.1) is 0 Å². The first kappa shape index (κ1) is 13.9. The molecule has 0 amide bonds. The molecule has 0 unspecified atom stereocenters. The summed E-state index contributed by atoms with van der Waals surface area (Å²) in [6, 6.07) is 13.5. The Balaban J connectivity index is 1.82. The maximum absolute atomic E-state index is 6.29. The van der Waals surface area contributed by atoms with Crippen molar-refractivity contribution in [2.75, 3.05) is 5.32 Å². The first-order valence-electron chi connectivity index (χ1n) is 7.93. The average molecular weight is 310 g/mol. The fraction of sp³-hybridized carbons (Fsp3) is 0.300. The van der Waals surface area contributed by atoms with Gasteiger partial charge in [-0.2, -0.15) is 0 Å². The van der Waals surface area contributed by atoms with E-state index in [0.29, 0.717) is 17.9 Å². The lowest BCUT2D eigenvalue weighted by molar-refractivity contribution is 0.425. The van der Waals surface area contributed by atoms with E-state index in [1.165, 1.54) is 27.9 Å². The van der Waals surface area contributed by atoms with E-state index in [0.717, 1.165) is 11.4 Å². The Hall–Kier alpha value is -1.73. The minimum atomic E-state index is 0.368. The largest absolute Gasteiger partial charge is 0.377 e. The lowest BCUT2D eigenvalue weighted by Gasteiger charge is -2.38. The lowest BCUT2D eigenvalue weighted by atomic mass is 9.76. The molecule has 2 aliphatic rings. The summed E-state index contributed by atoms with van der Waals surface area (Å²) in [5.41, 5.74) is 6.54. The van der Waals surface area contributed by atoms with Gasteiger partial charge in [0, 0.05) is 16.6 Å². The number of halogens is 1. The van der Waals surface area contributed by atoms with E-state index in [4.69, 9.17) is 11.6 Å². The third-order valence-electron chi connectivity index (χ3n) is 5.07. The number of nitrogens with one attached hydrogen (secondary N) is 1. The smallest absolute Gasteiger partial charge is 0.0554 e. The highest BCUT2D eigenvalue weighted by atomic mass is 35.5. The molecule has 2 aromatic rings. The maximum Gasteiger partial charge on any atom is 0.0554 e. The zero-order valence-electron chi connectivity index (χ0n) is 12.9. The Labute approximate surface area is 137 Å². The Morgan fingerprint density at radius 1 is 1.09 bits per heavy atom. The van der Waals surface area contributed by atoms with Crippen LogP contribution < -0.4 is 5.32 Å². The summed E-state index contributed by atoms with van der Waals surface area (Å²) in [5, 5.41) is 4.64. The van der Waals surface area contributed by atoms with Crippen LogP contribution in [-0.2, 0) is 0 Å². The van der Waals surface area contributed by atoms with E-state index in [-0.39, 0.29) is 0 Å². The first-order chi connectivity index (χ1) is 10.6. The van der Waals surface area contributed by atoms with Crippen LogP contribution in [0.25, 0.3) is 0 Å². The molecule has 1 aliphatic carbocycles. The van der Waals surface area contributed by atoms with Crippen molar-refractivity contribution < 1.29 is 0 Å². The van der Waals surface area contributed by atoms with Crippen LogP contribution in [0.2, 0.25) is 5.02 Å². The normalized spacial score (nSPS) is 25.5. The molecule has 4 rings (SSSR count). The summed E-state index contributed by atoms with van der Waals surface area (Å²) < 4.78 is 0. The highest BCUT2D eigenvalue weighted by molar-refractivity contribution is 6.30. The number of allylic oxidation sites excluding steroid dienone is 2. The monoisotopic (exact) mass is 309 g/mol. The highest BCUT2D eigenvalue weighted by Crippen LogP contribution is 2.51. The third-order valence-corrected chi connectivity index (χ3v) is 5.29. The minimum absolute atomic E-state index is 0.368. The van der Waals surface area contributed by atoms with Gasteiger partial charge in [0.15, 0.2) is 0 Å². The molecule has 1 heterocycles. The Morgan fingerprint density at radius 3 is 2.64 bits per heavy atom. The molecule has 0 spiro atoms. The van der Waals surface area contributed by atoms with Crippen molar-refractivity contribution in [1.29, 1.82) is 0 Å². The second kappa shape index (κ2) is 5.17. The van der Waals surface area contributed by atoms with E-state index in [1.54, 1.807) is 0 Å². The van der Waals surface area contributed by atoms with Crippen molar-refractivity contribution in [2.24, 2.45) is 5.92 Å². The van der Waals surface area contributed by atoms with Crippen molar-refractivity contribution in [2.45, 2.75) is 32.2 Å². The van der Waals surface area contributed by atoms with Crippen molar-refractivity contribution in [3.63, 3.8) is 0 Å². The van der Waals surface area contributed by atoms with Gasteiger partial charge in [0.2, 0.25) is 0 Å². The summed E-state index contributed by atoms with van der Waals surface area (Å²) in [4.78, 5) is 0. The van der Waals surface area contributed by atoms with Crippen LogP contribution in [0.4, 0.5) is 5.69 Å². The van der Waals surface area contributed by atoms with Crippen molar-refractivity contribution in [1.82, 2.24) is 0 Å². The van der Waals surface area contributed by atoms with Crippen LogP contribution in [0, 0.1) is 19.8 Å².